The highest BCUT2D eigenvalue weighted by atomic mass is 32.2. The number of rotatable bonds is 4. The number of hydrogen-bond donors (Lipinski definition) is 2. The van der Waals surface area contributed by atoms with Gasteiger partial charge in [0, 0.05) is 0 Å². The predicted octanol–water partition coefficient (Wildman–Crippen LogP) is 3.37. The summed E-state index contributed by atoms with van der Waals surface area (Å²) >= 11 is 0.999. The molecule has 3 aromatic heterocycles. The zero-order valence-electron chi connectivity index (χ0n) is 20.2. The van der Waals surface area contributed by atoms with Gasteiger partial charge in [0.05, 0.1) is 33.2 Å². The summed E-state index contributed by atoms with van der Waals surface area (Å²) in [6, 6.07) is 15.6. The number of thioether (sulfide) groups is 1. The molecule has 186 valence electrons. The van der Waals surface area contributed by atoms with Crippen molar-refractivity contribution in [2.75, 3.05) is 11.5 Å². The molecule has 3 heterocycles. The molecule has 0 bridgehead atoms. The number of nitrogens with zero attached hydrogens (tertiary/aromatic N) is 4. The van der Waals surface area contributed by atoms with Crippen LogP contribution < -0.4 is 16.9 Å². The lowest BCUT2D eigenvalue weighted by Gasteiger charge is -2.19. The molecule has 5 rings (SSSR count). The number of nitrogens with two attached hydrogens (primary N) is 1. The molecular weight excluding hydrogens is 492 g/mol. The fourth-order valence-electron chi connectivity index (χ4n) is 4.16. The van der Waals surface area contributed by atoms with Crippen LogP contribution in [0.15, 0.2) is 63.3 Å². The van der Waals surface area contributed by atoms with Crippen LogP contribution in [0.1, 0.15) is 26.5 Å². The number of ether oxygens (including phenoxy) is 1. The maximum atomic E-state index is 13.8. The molecule has 5 aromatic rings. The van der Waals surface area contributed by atoms with Crippen molar-refractivity contribution < 1.29 is 9.53 Å². The number of aromatic amines is 1. The van der Waals surface area contributed by atoms with Crippen molar-refractivity contribution in [1.82, 2.24) is 18.9 Å². The first-order chi connectivity index (χ1) is 17.6. The average Bonchev–Trinajstić information content (AvgIpc) is 3.13. The zero-order chi connectivity index (χ0) is 26.5. The molecule has 37 heavy (non-hydrogen) atoms. The van der Waals surface area contributed by atoms with Gasteiger partial charge in [-0.1, -0.05) is 36.0 Å². The molecule has 0 saturated heterocycles. The maximum Gasteiger partial charge on any atom is 0.316 e. The molecule has 10 nitrogen and oxygen atoms in total. The van der Waals surface area contributed by atoms with Gasteiger partial charge >= 0.3 is 5.97 Å². The number of nitrogens with one attached hydrogen (secondary N) is 1. The topological polar surface area (TPSA) is 148 Å². The Labute approximate surface area is 214 Å². The Bertz CT molecular complexity index is 1890. The van der Waals surface area contributed by atoms with Crippen molar-refractivity contribution in [2.24, 2.45) is 0 Å². The van der Waals surface area contributed by atoms with Crippen LogP contribution in [0.3, 0.4) is 0 Å². The van der Waals surface area contributed by atoms with Gasteiger partial charge < -0.3 is 15.5 Å². The monoisotopic (exact) mass is 514 g/mol. The zero-order valence-corrected chi connectivity index (χ0v) is 21.0. The minimum Gasteiger partial charge on any atom is -0.459 e. The predicted molar refractivity (Wildman–Crippen MR) is 142 cm³/mol. The number of nitriles is 1. The van der Waals surface area contributed by atoms with Gasteiger partial charge in [-0.2, -0.15) is 5.26 Å². The number of aromatic nitrogens is 4. The number of carbonyl (C=O) groups is 1. The Morgan fingerprint density at radius 2 is 1.78 bits per heavy atom. The third-order valence-electron chi connectivity index (χ3n) is 5.61. The number of fused-ring (bicyclic) bond motifs is 3. The molecule has 0 spiro atoms. The number of carbonyl (C=O) groups excluding carboxylic acids is 1. The first-order valence-corrected chi connectivity index (χ1v) is 12.3. The number of esters is 1. The van der Waals surface area contributed by atoms with E-state index in [4.69, 9.17) is 10.5 Å². The van der Waals surface area contributed by atoms with Crippen LogP contribution in [0.2, 0.25) is 0 Å². The molecule has 0 aliphatic rings. The maximum absolute atomic E-state index is 13.8. The summed E-state index contributed by atoms with van der Waals surface area (Å²) in [5.41, 5.74) is 5.85. The fraction of sp³-hybridized carbons (Fsp3) is 0.192. The third kappa shape index (κ3) is 4.11. The molecule has 2 aromatic carbocycles. The van der Waals surface area contributed by atoms with Crippen LogP contribution in [-0.4, -0.2) is 36.3 Å². The lowest BCUT2D eigenvalue weighted by Crippen LogP contribution is -2.26. The summed E-state index contributed by atoms with van der Waals surface area (Å²) in [4.78, 5) is 47.4. The Hall–Kier alpha value is -4.56. The fourth-order valence-corrected chi connectivity index (χ4v) is 4.93. The van der Waals surface area contributed by atoms with E-state index < -0.39 is 22.7 Å². The summed E-state index contributed by atoms with van der Waals surface area (Å²) < 4.78 is 7.82. The Morgan fingerprint density at radius 3 is 2.49 bits per heavy atom. The van der Waals surface area contributed by atoms with Crippen molar-refractivity contribution in [3.05, 3.63) is 74.9 Å². The molecule has 0 saturated carbocycles. The highest BCUT2D eigenvalue weighted by Crippen LogP contribution is 2.31. The second kappa shape index (κ2) is 8.83. The molecule has 0 amide bonds. The van der Waals surface area contributed by atoms with E-state index >= 15 is 0 Å². The molecular formula is C26H22N6O4S. The van der Waals surface area contributed by atoms with Gasteiger partial charge in [-0.15, -0.1) is 0 Å². The first kappa shape index (κ1) is 24.1. The number of H-pyrrole nitrogens is 1. The molecule has 3 N–H and O–H groups in total. The van der Waals surface area contributed by atoms with E-state index in [0.717, 1.165) is 16.2 Å². The molecule has 0 fully saturated rings. The average molecular weight is 515 g/mol. The van der Waals surface area contributed by atoms with E-state index in [1.54, 1.807) is 69.3 Å². The largest absolute Gasteiger partial charge is 0.459 e. The number of benzene rings is 2. The van der Waals surface area contributed by atoms with Gasteiger partial charge in [0.1, 0.15) is 23.0 Å². The highest BCUT2D eigenvalue weighted by molar-refractivity contribution is 7.99. The minimum atomic E-state index is -0.681. The summed E-state index contributed by atoms with van der Waals surface area (Å²) in [5.74, 6) is -0.614. The SMILES string of the molecule is CC(C)(C)OC(=O)CSc1nc2ccccc2c(=O)n1-c1c(N)c(C#N)n2c(=O)c3ccccc3[nH]c12. The second-order valence-corrected chi connectivity index (χ2v) is 10.3. The van der Waals surface area contributed by atoms with Crippen LogP contribution in [0.5, 0.6) is 0 Å². The highest BCUT2D eigenvalue weighted by Gasteiger charge is 2.26. The summed E-state index contributed by atoms with van der Waals surface area (Å²) in [7, 11) is 0. The minimum absolute atomic E-state index is 0.0653. The Balaban J connectivity index is 1.82. The lowest BCUT2D eigenvalue weighted by atomic mass is 10.2. The summed E-state index contributed by atoms with van der Waals surface area (Å²) in [5, 5.41) is 10.7. The summed E-state index contributed by atoms with van der Waals surface area (Å²) in [6.07, 6.45) is 0. The van der Waals surface area contributed by atoms with Gasteiger partial charge in [0.15, 0.2) is 10.9 Å². The number of para-hydroxylation sites is 2. The molecule has 0 atom stereocenters. The number of anilines is 1. The van der Waals surface area contributed by atoms with Crippen LogP contribution in [0.4, 0.5) is 5.69 Å². The van der Waals surface area contributed by atoms with Gasteiger partial charge in [-0.25, -0.2) is 14.0 Å². The first-order valence-electron chi connectivity index (χ1n) is 11.3. The van der Waals surface area contributed by atoms with E-state index in [0.29, 0.717) is 21.8 Å². The standard InChI is InChI=1S/C26H22N6O4S/c1-26(2,3)36-19(33)13-37-25-30-17-11-7-5-9-15(17)24(35)32(25)21-20(28)18(12-27)31-22(21)29-16-10-6-4-8-14(16)23(31)34/h4-11,29H,13,28H2,1-3H3. The van der Waals surface area contributed by atoms with Gasteiger partial charge in [-0.05, 0) is 45.0 Å². The molecule has 0 aliphatic carbocycles. The number of nitrogen functional groups attached to an aromatic ring is 1. The third-order valence-corrected chi connectivity index (χ3v) is 6.52. The van der Waals surface area contributed by atoms with E-state index in [2.05, 4.69) is 9.97 Å². The van der Waals surface area contributed by atoms with Crippen molar-refractivity contribution >= 4 is 50.9 Å². The molecule has 0 unspecified atom stereocenters. The molecule has 11 heteroatoms. The summed E-state index contributed by atoms with van der Waals surface area (Å²) in [6.45, 7) is 5.29. The van der Waals surface area contributed by atoms with E-state index in [1.807, 2.05) is 6.07 Å². The molecule has 0 aliphatic heterocycles. The van der Waals surface area contributed by atoms with Gasteiger partial charge in [0.2, 0.25) is 0 Å². The van der Waals surface area contributed by atoms with Crippen molar-refractivity contribution in [1.29, 1.82) is 5.26 Å². The van der Waals surface area contributed by atoms with E-state index in [-0.39, 0.29) is 33.6 Å². The van der Waals surface area contributed by atoms with E-state index in [1.165, 1.54) is 4.57 Å². The Morgan fingerprint density at radius 1 is 1.11 bits per heavy atom. The van der Waals surface area contributed by atoms with Gasteiger partial charge in [0.25, 0.3) is 11.1 Å². The van der Waals surface area contributed by atoms with Crippen molar-refractivity contribution in [2.45, 2.75) is 31.5 Å². The van der Waals surface area contributed by atoms with E-state index in [9.17, 15) is 19.6 Å². The van der Waals surface area contributed by atoms with Crippen LogP contribution in [0, 0.1) is 11.3 Å². The van der Waals surface area contributed by atoms with Crippen molar-refractivity contribution in [3.8, 4) is 11.8 Å². The second-order valence-electron chi connectivity index (χ2n) is 9.31. The quantitative estimate of drug-likeness (QED) is 0.211. The van der Waals surface area contributed by atoms with Crippen LogP contribution >= 0.6 is 11.8 Å². The number of hydrogen-bond acceptors (Lipinski definition) is 8. The normalized spacial score (nSPS) is 11.7. The van der Waals surface area contributed by atoms with Crippen molar-refractivity contribution in [3.63, 3.8) is 0 Å². The van der Waals surface area contributed by atoms with Crippen LogP contribution in [-0.2, 0) is 9.53 Å². The van der Waals surface area contributed by atoms with Crippen LogP contribution in [0.25, 0.3) is 33.1 Å². The molecule has 0 radical (unpaired) electrons. The smallest absolute Gasteiger partial charge is 0.316 e. The lowest BCUT2D eigenvalue weighted by molar-refractivity contribution is -0.151. The van der Waals surface area contributed by atoms with Gasteiger partial charge in [-0.3, -0.25) is 14.4 Å². The Kier molecular flexibility index (Phi) is 5.76.